The van der Waals surface area contributed by atoms with Crippen molar-refractivity contribution in [1.29, 1.82) is 0 Å². The van der Waals surface area contributed by atoms with E-state index in [4.69, 9.17) is 5.11 Å². The summed E-state index contributed by atoms with van der Waals surface area (Å²) in [7, 11) is 0. The summed E-state index contributed by atoms with van der Waals surface area (Å²) >= 11 is 3.58. The van der Waals surface area contributed by atoms with E-state index in [2.05, 4.69) is 45.5 Å². The first kappa shape index (κ1) is 16.0. The van der Waals surface area contributed by atoms with E-state index in [9.17, 15) is 4.79 Å². The topological polar surface area (TPSA) is 49.3 Å². The van der Waals surface area contributed by atoms with Gasteiger partial charge in [0.25, 0.3) is 0 Å². The van der Waals surface area contributed by atoms with Crippen LogP contribution in [-0.4, -0.2) is 23.7 Å². The Morgan fingerprint density at radius 2 is 2.00 bits per heavy atom. The molecule has 1 aromatic rings. The predicted molar refractivity (Wildman–Crippen MR) is 91.1 cm³/mol. The molecule has 0 saturated heterocycles. The summed E-state index contributed by atoms with van der Waals surface area (Å²) in [6.45, 7) is 1.02. The van der Waals surface area contributed by atoms with Crippen LogP contribution in [0.15, 0.2) is 28.7 Å². The molecule has 22 heavy (non-hydrogen) atoms. The molecule has 0 aliphatic heterocycles. The third kappa shape index (κ3) is 3.38. The number of hydrogen-bond donors (Lipinski definition) is 2. The van der Waals surface area contributed by atoms with Gasteiger partial charge in [-0.3, -0.25) is 4.79 Å². The quantitative estimate of drug-likeness (QED) is 0.825. The van der Waals surface area contributed by atoms with Crippen LogP contribution in [0.1, 0.15) is 50.5 Å². The summed E-state index contributed by atoms with van der Waals surface area (Å²) in [5, 5.41) is 12.8. The van der Waals surface area contributed by atoms with E-state index in [-0.39, 0.29) is 11.3 Å². The molecule has 2 N–H and O–H groups in total. The lowest BCUT2D eigenvalue weighted by Crippen LogP contribution is -2.47. The van der Waals surface area contributed by atoms with Crippen LogP contribution in [0.4, 0.5) is 0 Å². The SMILES string of the molecule is O=C(O)C1CCC(NCC2(c3cccc(Br)c3)CCC2)CC1. The van der Waals surface area contributed by atoms with Crippen molar-refractivity contribution in [1.82, 2.24) is 5.32 Å². The molecular weight excluding hydrogens is 342 g/mol. The Labute approximate surface area is 140 Å². The lowest BCUT2D eigenvalue weighted by atomic mass is 9.64. The maximum absolute atomic E-state index is 11.0. The molecule has 3 nitrogen and oxygen atoms in total. The molecule has 120 valence electrons. The zero-order valence-electron chi connectivity index (χ0n) is 12.9. The van der Waals surface area contributed by atoms with Crippen LogP contribution in [0.2, 0.25) is 0 Å². The molecule has 4 heteroatoms. The Morgan fingerprint density at radius 1 is 1.27 bits per heavy atom. The fourth-order valence-electron chi connectivity index (χ4n) is 3.87. The molecule has 0 amide bonds. The summed E-state index contributed by atoms with van der Waals surface area (Å²) in [5.41, 5.74) is 1.72. The molecule has 0 heterocycles. The zero-order chi connectivity index (χ0) is 15.6. The van der Waals surface area contributed by atoms with Gasteiger partial charge in [0.2, 0.25) is 0 Å². The van der Waals surface area contributed by atoms with E-state index in [1.165, 1.54) is 24.8 Å². The second kappa shape index (κ2) is 6.71. The van der Waals surface area contributed by atoms with Gasteiger partial charge in [-0.05, 0) is 56.2 Å². The Kier molecular flexibility index (Phi) is 4.88. The molecule has 2 aliphatic carbocycles. The molecular formula is C18H24BrNO2. The normalized spacial score (nSPS) is 27.1. The van der Waals surface area contributed by atoms with E-state index < -0.39 is 5.97 Å². The van der Waals surface area contributed by atoms with Crippen molar-refractivity contribution >= 4 is 21.9 Å². The van der Waals surface area contributed by atoms with Crippen LogP contribution in [0.5, 0.6) is 0 Å². The Balaban J connectivity index is 1.57. The largest absolute Gasteiger partial charge is 0.481 e. The lowest BCUT2D eigenvalue weighted by Gasteiger charge is -2.44. The van der Waals surface area contributed by atoms with Crippen LogP contribution >= 0.6 is 15.9 Å². The van der Waals surface area contributed by atoms with Crippen molar-refractivity contribution in [2.75, 3.05) is 6.54 Å². The van der Waals surface area contributed by atoms with Crippen molar-refractivity contribution in [3.8, 4) is 0 Å². The van der Waals surface area contributed by atoms with Gasteiger partial charge < -0.3 is 10.4 Å². The number of carbonyl (C=O) groups is 1. The molecule has 0 spiro atoms. The van der Waals surface area contributed by atoms with E-state index in [1.807, 2.05) is 0 Å². The smallest absolute Gasteiger partial charge is 0.306 e. The highest BCUT2D eigenvalue weighted by Crippen LogP contribution is 2.44. The third-order valence-corrected chi connectivity index (χ3v) is 6.05. The summed E-state index contributed by atoms with van der Waals surface area (Å²) in [6.07, 6.45) is 7.42. The number of benzene rings is 1. The van der Waals surface area contributed by atoms with E-state index in [1.54, 1.807) is 0 Å². The highest BCUT2D eigenvalue weighted by molar-refractivity contribution is 9.10. The fraction of sp³-hybridized carbons (Fsp3) is 0.611. The summed E-state index contributed by atoms with van der Waals surface area (Å²) < 4.78 is 1.15. The highest BCUT2D eigenvalue weighted by atomic mass is 79.9. The average Bonchev–Trinajstić information content (AvgIpc) is 2.47. The Morgan fingerprint density at radius 3 is 2.55 bits per heavy atom. The number of carboxylic acids is 1. The number of hydrogen-bond acceptors (Lipinski definition) is 2. The predicted octanol–water partition coefficient (Wildman–Crippen LogP) is 4.10. The highest BCUT2D eigenvalue weighted by Gasteiger charge is 2.39. The summed E-state index contributed by atoms with van der Waals surface area (Å²) in [5.74, 6) is -0.746. The summed E-state index contributed by atoms with van der Waals surface area (Å²) in [4.78, 5) is 11.0. The van der Waals surface area contributed by atoms with Gasteiger partial charge in [0, 0.05) is 22.5 Å². The maximum Gasteiger partial charge on any atom is 0.306 e. The minimum absolute atomic E-state index is 0.124. The zero-order valence-corrected chi connectivity index (χ0v) is 14.4. The fourth-order valence-corrected chi connectivity index (χ4v) is 4.27. The van der Waals surface area contributed by atoms with Crippen molar-refractivity contribution in [3.63, 3.8) is 0 Å². The van der Waals surface area contributed by atoms with Crippen LogP contribution in [0.25, 0.3) is 0 Å². The van der Waals surface area contributed by atoms with Crippen LogP contribution in [0.3, 0.4) is 0 Å². The number of halogens is 1. The van der Waals surface area contributed by atoms with Crippen molar-refractivity contribution < 1.29 is 9.90 Å². The molecule has 0 radical (unpaired) electrons. The van der Waals surface area contributed by atoms with Crippen molar-refractivity contribution in [3.05, 3.63) is 34.3 Å². The molecule has 0 atom stereocenters. The van der Waals surface area contributed by atoms with Gasteiger partial charge in [-0.25, -0.2) is 0 Å². The first-order chi connectivity index (χ1) is 10.6. The molecule has 2 fully saturated rings. The minimum atomic E-state index is -0.622. The van der Waals surface area contributed by atoms with Crippen LogP contribution in [-0.2, 0) is 10.2 Å². The molecule has 2 saturated carbocycles. The molecule has 0 bridgehead atoms. The maximum atomic E-state index is 11.0. The summed E-state index contributed by atoms with van der Waals surface area (Å²) in [6, 6.07) is 9.18. The first-order valence-corrected chi connectivity index (χ1v) is 9.11. The number of nitrogens with one attached hydrogen (secondary N) is 1. The van der Waals surface area contributed by atoms with Gasteiger partial charge in [-0.15, -0.1) is 0 Å². The van der Waals surface area contributed by atoms with Crippen molar-refractivity contribution in [2.24, 2.45) is 5.92 Å². The Hall–Kier alpha value is -0.870. The van der Waals surface area contributed by atoms with Gasteiger partial charge in [0.05, 0.1) is 5.92 Å². The third-order valence-electron chi connectivity index (χ3n) is 5.55. The second-order valence-electron chi connectivity index (χ2n) is 6.91. The van der Waals surface area contributed by atoms with E-state index in [0.717, 1.165) is 36.7 Å². The monoisotopic (exact) mass is 365 g/mol. The standard InChI is InChI=1S/C18H24BrNO2/c19-15-4-1-3-14(11-15)18(9-2-10-18)12-20-16-7-5-13(6-8-16)17(21)22/h1,3-4,11,13,16,20H,2,5-10,12H2,(H,21,22). The number of carboxylic acid groups (broad SMARTS) is 1. The second-order valence-corrected chi connectivity index (χ2v) is 7.83. The van der Waals surface area contributed by atoms with Gasteiger partial charge in [0.1, 0.15) is 0 Å². The number of rotatable bonds is 5. The molecule has 1 aromatic carbocycles. The molecule has 0 aromatic heterocycles. The van der Waals surface area contributed by atoms with E-state index in [0.29, 0.717) is 6.04 Å². The Bertz CT molecular complexity index is 534. The van der Waals surface area contributed by atoms with Crippen LogP contribution in [0, 0.1) is 5.92 Å². The minimum Gasteiger partial charge on any atom is -0.481 e. The van der Waals surface area contributed by atoms with Gasteiger partial charge in [-0.2, -0.15) is 0 Å². The number of aliphatic carboxylic acids is 1. The van der Waals surface area contributed by atoms with E-state index >= 15 is 0 Å². The molecule has 0 unspecified atom stereocenters. The van der Waals surface area contributed by atoms with Crippen LogP contribution < -0.4 is 5.32 Å². The lowest BCUT2D eigenvalue weighted by molar-refractivity contribution is -0.142. The van der Waals surface area contributed by atoms with Gasteiger partial charge >= 0.3 is 5.97 Å². The first-order valence-electron chi connectivity index (χ1n) is 8.31. The van der Waals surface area contributed by atoms with Crippen molar-refractivity contribution in [2.45, 2.75) is 56.4 Å². The molecule has 2 aliphatic rings. The van der Waals surface area contributed by atoms with Gasteiger partial charge in [-0.1, -0.05) is 34.5 Å². The molecule has 3 rings (SSSR count). The average molecular weight is 366 g/mol. The van der Waals surface area contributed by atoms with Gasteiger partial charge in [0.15, 0.2) is 0 Å².